The molecule has 2 saturated heterocycles. The predicted molar refractivity (Wildman–Crippen MR) is 77.2 cm³/mol. The molecule has 5 nitrogen and oxygen atoms in total. The summed E-state index contributed by atoms with van der Waals surface area (Å²) in [6.45, 7) is 2.07. The van der Waals surface area contributed by atoms with Crippen LogP contribution in [0.5, 0.6) is 0 Å². The molecule has 0 saturated carbocycles. The summed E-state index contributed by atoms with van der Waals surface area (Å²) in [7, 11) is -3.52. The van der Waals surface area contributed by atoms with Crippen molar-refractivity contribution in [3.8, 4) is 0 Å². The number of halogens is 1. The number of rotatable bonds is 3. The van der Waals surface area contributed by atoms with Crippen LogP contribution in [0.25, 0.3) is 0 Å². The normalized spacial score (nSPS) is 27.4. The molecule has 3 heterocycles. The van der Waals surface area contributed by atoms with Gasteiger partial charge in [0.1, 0.15) is 5.15 Å². The Morgan fingerprint density at radius 3 is 2.95 bits per heavy atom. The molecule has 0 aliphatic carbocycles. The van der Waals surface area contributed by atoms with E-state index in [-0.39, 0.29) is 16.1 Å². The van der Waals surface area contributed by atoms with E-state index in [4.69, 9.17) is 11.6 Å². The fourth-order valence-corrected chi connectivity index (χ4v) is 4.76. The Kier molecular flexibility index (Phi) is 3.99. The highest BCUT2D eigenvalue weighted by molar-refractivity contribution is 7.89. The van der Waals surface area contributed by atoms with Crippen LogP contribution in [-0.4, -0.2) is 43.5 Å². The lowest BCUT2D eigenvalue weighted by atomic mass is 10.00. The monoisotopic (exact) mass is 315 g/mol. The van der Waals surface area contributed by atoms with Gasteiger partial charge in [0.2, 0.25) is 10.0 Å². The van der Waals surface area contributed by atoms with E-state index >= 15 is 0 Å². The minimum atomic E-state index is -3.52. The molecule has 0 amide bonds. The van der Waals surface area contributed by atoms with Gasteiger partial charge in [-0.05, 0) is 37.9 Å². The molecule has 0 radical (unpaired) electrons. The first kappa shape index (κ1) is 14.3. The van der Waals surface area contributed by atoms with Crippen molar-refractivity contribution in [3.05, 3.63) is 23.5 Å². The van der Waals surface area contributed by atoms with Crippen molar-refractivity contribution in [3.63, 3.8) is 0 Å². The summed E-state index contributed by atoms with van der Waals surface area (Å²) in [6.07, 6.45) is 5.77. The van der Waals surface area contributed by atoms with E-state index in [1.54, 1.807) is 0 Å². The number of piperidine rings is 1. The van der Waals surface area contributed by atoms with Crippen molar-refractivity contribution >= 4 is 21.6 Å². The van der Waals surface area contributed by atoms with Crippen molar-refractivity contribution in [2.45, 2.75) is 42.7 Å². The highest BCUT2D eigenvalue weighted by Crippen LogP contribution is 2.28. The van der Waals surface area contributed by atoms with Crippen LogP contribution in [0.1, 0.15) is 25.7 Å². The fourth-order valence-electron chi connectivity index (χ4n) is 3.20. The molecule has 1 aromatic rings. The van der Waals surface area contributed by atoms with Crippen molar-refractivity contribution in [2.75, 3.05) is 13.1 Å². The van der Waals surface area contributed by atoms with Gasteiger partial charge in [0.25, 0.3) is 0 Å². The third-order valence-corrected chi connectivity index (χ3v) is 5.87. The van der Waals surface area contributed by atoms with Gasteiger partial charge in [-0.2, -0.15) is 0 Å². The van der Waals surface area contributed by atoms with E-state index in [9.17, 15) is 8.42 Å². The third-order valence-electron chi connectivity index (χ3n) is 4.17. The number of aromatic nitrogens is 1. The molecule has 2 atom stereocenters. The standard InChI is InChI=1S/C13H18ClN3O2S/c14-13-9-10(4-6-15-13)20(18,19)16-11-5-8-17-7-2-1-3-12(11)17/h4,6,9,11-12,16H,1-3,5,7-8H2. The topological polar surface area (TPSA) is 62.3 Å². The molecule has 0 bridgehead atoms. The second-order valence-electron chi connectivity index (χ2n) is 5.43. The zero-order valence-corrected chi connectivity index (χ0v) is 12.7. The molecule has 20 heavy (non-hydrogen) atoms. The van der Waals surface area contributed by atoms with Crippen LogP contribution in [0.4, 0.5) is 0 Å². The molecule has 3 rings (SSSR count). The van der Waals surface area contributed by atoms with Crippen molar-refractivity contribution < 1.29 is 8.42 Å². The summed E-state index contributed by atoms with van der Waals surface area (Å²) in [6, 6.07) is 3.21. The van der Waals surface area contributed by atoms with Gasteiger partial charge >= 0.3 is 0 Å². The van der Waals surface area contributed by atoms with Gasteiger partial charge < -0.3 is 0 Å². The number of hydrogen-bond donors (Lipinski definition) is 1. The van der Waals surface area contributed by atoms with Gasteiger partial charge in [0.05, 0.1) is 4.90 Å². The predicted octanol–water partition coefficient (Wildman–Crippen LogP) is 1.64. The van der Waals surface area contributed by atoms with Gasteiger partial charge in [0.15, 0.2) is 0 Å². The number of sulfonamides is 1. The van der Waals surface area contributed by atoms with Crippen LogP contribution in [-0.2, 0) is 10.0 Å². The number of nitrogens with zero attached hydrogens (tertiary/aromatic N) is 2. The van der Waals surface area contributed by atoms with Crippen LogP contribution in [0, 0.1) is 0 Å². The quantitative estimate of drug-likeness (QED) is 0.861. The SMILES string of the molecule is O=S(=O)(NC1CCN2CCCCC12)c1ccnc(Cl)c1. The molecular weight excluding hydrogens is 298 g/mol. The molecule has 1 N–H and O–H groups in total. The number of nitrogens with one attached hydrogen (secondary N) is 1. The maximum absolute atomic E-state index is 12.4. The maximum atomic E-state index is 12.4. The van der Waals surface area contributed by atoms with Gasteiger partial charge in [-0.25, -0.2) is 18.1 Å². The number of hydrogen-bond acceptors (Lipinski definition) is 4. The molecule has 2 aliphatic rings. The second-order valence-corrected chi connectivity index (χ2v) is 7.53. The summed E-state index contributed by atoms with van der Waals surface area (Å²) >= 11 is 5.77. The zero-order valence-electron chi connectivity index (χ0n) is 11.1. The summed E-state index contributed by atoms with van der Waals surface area (Å²) in [5, 5.41) is 0.193. The van der Waals surface area contributed by atoms with E-state index in [2.05, 4.69) is 14.6 Å². The summed E-state index contributed by atoms with van der Waals surface area (Å²) in [4.78, 5) is 6.40. The van der Waals surface area contributed by atoms with E-state index in [1.807, 2.05) is 0 Å². The Labute approximate surface area is 124 Å². The average molecular weight is 316 g/mol. The number of fused-ring (bicyclic) bond motifs is 1. The highest BCUT2D eigenvalue weighted by atomic mass is 35.5. The highest BCUT2D eigenvalue weighted by Gasteiger charge is 2.37. The van der Waals surface area contributed by atoms with Crippen LogP contribution in [0.3, 0.4) is 0 Å². The molecular formula is C13H18ClN3O2S. The first-order valence-corrected chi connectivity index (χ1v) is 8.80. The lowest BCUT2D eigenvalue weighted by molar-refractivity contribution is 0.186. The molecule has 1 aromatic heterocycles. The lowest BCUT2D eigenvalue weighted by Crippen LogP contribution is -2.46. The first-order chi connectivity index (χ1) is 9.56. The molecule has 7 heteroatoms. The minimum Gasteiger partial charge on any atom is -0.299 e. The van der Waals surface area contributed by atoms with Gasteiger partial charge in [0, 0.05) is 24.8 Å². The van der Waals surface area contributed by atoms with E-state index in [0.717, 1.165) is 25.9 Å². The largest absolute Gasteiger partial charge is 0.299 e. The van der Waals surface area contributed by atoms with Crippen molar-refractivity contribution in [1.29, 1.82) is 0 Å². The number of pyridine rings is 1. The van der Waals surface area contributed by atoms with Crippen LogP contribution in [0.2, 0.25) is 5.15 Å². The summed E-state index contributed by atoms with van der Waals surface area (Å²) in [5.74, 6) is 0. The Morgan fingerprint density at radius 1 is 1.30 bits per heavy atom. The summed E-state index contributed by atoms with van der Waals surface area (Å²) in [5.41, 5.74) is 0. The zero-order chi connectivity index (χ0) is 14.2. The first-order valence-electron chi connectivity index (χ1n) is 6.94. The lowest BCUT2D eigenvalue weighted by Gasteiger charge is -2.32. The molecule has 0 spiro atoms. The van der Waals surface area contributed by atoms with E-state index in [1.165, 1.54) is 31.2 Å². The van der Waals surface area contributed by atoms with E-state index in [0.29, 0.717) is 6.04 Å². The van der Waals surface area contributed by atoms with Gasteiger partial charge in [-0.15, -0.1) is 0 Å². The molecule has 2 fully saturated rings. The minimum absolute atomic E-state index is 0.00670. The van der Waals surface area contributed by atoms with Crippen LogP contribution >= 0.6 is 11.6 Å². The van der Waals surface area contributed by atoms with Gasteiger partial charge in [-0.1, -0.05) is 18.0 Å². The molecule has 110 valence electrons. The second kappa shape index (κ2) is 5.60. The van der Waals surface area contributed by atoms with E-state index < -0.39 is 10.0 Å². The van der Waals surface area contributed by atoms with Crippen molar-refractivity contribution in [1.82, 2.24) is 14.6 Å². The smallest absolute Gasteiger partial charge is 0.241 e. The van der Waals surface area contributed by atoms with Crippen molar-refractivity contribution in [2.24, 2.45) is 0 Å². The summed E-state index contributed by atoms with van der Waals surface area (Å²) < 4.78 is 27.6. The Balaban J connectivity index is 1.77. The Bertz CT molecular complexity index is 593. The third kappa shape index (κ3) is 2.83. The fraction of sp³-hybridized carbons (Fsp3) is 0.615. The van der Waals surface area contributed by atoms with Gasteiger partial charge in [-0.3, -0.25) is 4.90 Å². The molecule has 2 unspecified atom stereocenters. The molecule has 2 aliphatic heterocycles. The van der Waals surface area contributed by atoms with Crippen LogP contribution < -0.4 is 4.72 Å². The maximum Gasteiger partial charge on any atom is 0.241 e. The average Bonchev–Trinajstić information content (AvgIpc) is 2.82. The molecule has 0 aromatic carbocycles. The Hall–Kier alpha value is -0.690. The van der Waals surface area contributed by atoms with Crippen LogP contribution in [0.15, 0.2) is 23.2 Å². The Morgan fingerprint density at radius 2 is 2.15 bits per heavy atom.